The number of carbonyl (C=O) groups is 1. The first kappa shape index (κ1) is 14.0. The van der Waals surface area contributed by atoms with Crippen molar-refractivity contribution in [1.82, 2.24) is 5.32 Å². The minimum absolute atomic E-state index is 0.206. The van der Waals surface area contributed by atoms with Gasteiger partial charge in [-0.25, -0.2) is 0 Å². The maximum absolute atomic E-state index is 11.2. The van der Waals surface area contributed by atoms with E-state index < -0.39 is 16.8 Å². The van der Waals surface area contributed by atoms with E-state index in [1.807, 2.05) is 13.8 Å². The van der Waals surface area contributed by atoms with Gasteiger partial charge in [0.2, 0.25) is 0 Å². The third kappa shape index (κ3) is 2.48. The Morgan fingerprint density at radius 1 is 1.39 bits per heavy atom. The van der Waals surface area contributed by atoms with Gasteiger partial charge in [-0.3, -0.25) is 10.1 Å². The SMILES string of the molecule is CC1(C)SC(c2c(Cl)cccc2Cl)N[C@H]1C(=O)O. The molecular formula is C12H13Cl2NO2S. The fourth-order valence-corrected chi connectivity index (χ4v) is 4.26. The number of hydrogen-bond acceptors (Lipinski definition) is 3. The number of carboxylic acid groups (broad SMARTS) is 1. The van der Waals surface area contributed by atoms with E-state index in [4.69, 9.17) is 23.2 Å². The van der Waals surface area contributed by atoms with E-state index >= 15 is 0 Å². The second kappa shape index (κ2) is 4.93. The summed E-state index contributed by atoms with van der Waals surface area (Å²) < 4.78 is -0.418. The van der Waals surface area contributed by atoms with E-state index in [-0.39, 0.29) is 5.37 Å². The number of benzene rings is 1. The van der Waals surface area contributed by atoms with Gasteiger partial charge in [-0.05, 0) is 26.0 Å². The van der Waals surface area contributed by atoms with Crippen molar-refractivity contribution in [3.05, 3.63) is 33.8 Å². The monoisotopic (exact) mass is 305 g/mol. The molecule has 2 rings (SSSR count). The number of hydrogen-bond donors (Lipinski definition) is 2. The highest BCUT2D eigenvalue weighted by Gasteiger charge is 2.46. The first-order chi connectivity index (χ1) is 8.33. The van der Waals surface area contributed by atoms with E-state index in [0.29, 0.717) is 10.0 Å². The molecule has 0 saturated carbocycles. The van der Waals surface area contributed by atoms with Crippen molar-refractivity contribution in [3.63, 3.8) is 0 Å². The van der Waals surface area contributed by atoms with Gasteiger partial charge in [0.05, 0.1) is 5.37 Å². The maximum atomic E-state index is 11.2. The summed E-state index contributed by atoms with van der Waals surface area (Å²) in [6.45, 7) is 3.79. The zero-order valence-corrected chi connectivity index (χ0v) is 12.2. The van der Waals surface area contributed by atoms with Crippen molar-refractivity contribution in [1.29, 1.82) is 0 Å². The predicted molar refractivity (Wildman–Crippen MR) is 75.4 cm³/mol. The minimum Gasteiger partial charge on any atom is -0.480 e. The van der Waals surface area contributed by atoms with Crippen molar-refractivity contribution in [3.8, 4) is 0 Å². The van der Waals surface area contributed by atoms with Crippen LogP contribution in [0, 0.1) is 0 Å². The number of aliphatic carboxylic acids is 1. The lowest BCUT2D eigenvalue weighted by atomic mass is 10.0. The molecule has 1 aromatic rings. The molecule has 1 aliphatic heterocycles. The standard InChI is InChI=1S/C12H13Cl2NO2S/c1-12(2)9(11(16)17)15-10(18-12)8-6(13)4-3-5-7(8)14/h3-5,9-10,15H,1-2H3,(H,16,17)/t9-,10?/m0/s1. The van der Waals surface area contributed by atoms with E-state index in [0.717, 1.165) is 5.56 Å². The van der Waals surface area contributed by atoms with Crippen molar-refractivity contribution in [2.45, 2.75) is 30.0 Å². The molecule has 0 amide bonds. The molecule has 0 radical (unpaired) electrons. The van der Waals surface area contributed by atoms with Crippen LogP contribution < -0.4 is 5.32 Å². The fourth-order valence-electron chi connectivity index (χ4n) is 2.03. The Morgan fingerprint density at radius 3 is 2.39 bits per heavy atom. The average Bonchev–Trinajstić information content (AvgIpc) is 2.54. The highest BCUT2D eigenvalue weighted by molar-refractivity contribution is 8.01. The molecule has 2 N–H and O–H groups in total. The number of thioether (sulfide) groups is 1. The number of nitrogens with one attached hydrogen (secondary N) is 1. The van der Waals surface area contributed by atoms with Gasteiger partial charge in [-0.1, -0.05) is 29.3 Å². The summed E-state index contributed by atoms with van der Waals surface area (Å²) >= 11 is 13.8. The van der Waals surface area contributed by atoms with Gasteiger partial charge in [0.1, 0.15) is 6.04 Å². The largest absolute Gasteiger partial charge is 0.480 e. The molecule has 1 saturated heterocycles. The molecule has 1 aromatic carbocycles. The van der Waals surface area contributed by atoms with Crippen LogP contribution in [0.5, 0.6) is 0 Å². The maximum Gasteiger partial charge on any atom is 0.322 e. The Morgan fingerprint density at radius 2 is 1.94 bits per heavy atom. The first-order valence-electron chi connectivity index (χ1n) is 5.43. The van der Waals surface area contributed by atoms with Crippen LogP contribution in [0.1, 0.15) is 24.8 Å². The molecule has 3 nitrogen and oxygen atoms in total. The van der Waals surface area contributed by atoms with Crippen LogP contribution in [0.25, 0.3) is 0 Å². The summed E-state index contributed by atoms with van der Waals surface area (Å²) in [4.78, 5) is 11.2. The zero-order chi connectivity index (χ0) is 13.5. The van der Waals surface area contributed by atoms with Crippen LogP contribution in [0.2, 0.25) is 10.0 Å². The van der Waals surface area contributed by atoms with Gasteiger partial charge in [-0.15, -0.1) is 11.8 Å². The predicted octanol–water partition coefficient (Wildman–Crippen LogP) is 3.56. The summed E-state index contributed by atoms with van der Waals surface area (Å²) in [6.07, 6.45) is 0. The molecule has 0 bridgehead atoms. The van der Waals surface area contributed by atoms with Crippen LogP contribution >= 0.6 is 35.0 Å². The Hall–Kier alpha value is -0.420. The molecule has 2 atom stereocenters. The van der Waals surface area contributed by atoms with Gasteiger partial charge < -0.3 is 5.11 Å². The van der Waals surface area contributed by atoms with Crippen LogP contribution in [0.15, 0.2) is 18.2 Å². The summed E-state index contributed by atoms with van der Waals surface area (Å²) in [5, 5.41) is 13.2. The lowest BCUT2D eigenvalue weighted by Gasteiger charge is -2.20. The van der Waals surface area contributed by atoms with Crippen LogP contribution in [-0.4, -0.2) is 21.9 Å². The molecular weight excluding hydrogens is 293 g/mol. The average molecular weight is 306 g/mol. The Bertz CT molecular complexity index is 473. The van der Waals surface area contributed by atoms with Crippen LogP contribution in [0.4, 0.5) is 0 Å². The fraction of sp³-hybridized carbons (Fsp3) is 0.417. The van der Waals surface area contributed by atoms with E-state index in [2.05, 4.69) is 5.32 Å². The van der Waals surface area contributed by atoms with Crippen molar-refractivity contribution < 1.29 is 9.90 Å². The molecule has 1 unspecified atom stereocenters. The Labute approximate surface area is 120 Å². The molecule has 0 aliphatic carbocycles. The summed E-state index contributed by atoms with van der Waals surface area (Å²) in [6, 6.07) is 4.66. The number of rotatable bonds is 2. The highest BCUT2D eigenvalue weighted by atomic mass is 35.5. The quantitative estimate of drug-likeness (QED) is 0.877. The third-order valence-corrected chi connectivity index (χ3v) is 5.05. The summed E-state index contributed by atoms with van der Waals surface area (Å²) in [5.74, 6) is -0.863. The van der Waals surface area contributed by atoms with Gasteiger partial charge in [0.25, 0.3) is 0 Å². The van der Waals surface area contributed by atoms with Crippen molar-refractivity contribution >= 4 is 40.9 Å². The second-order valence-corrected chi connectivity index (χ2v) is 7.25. The van der Waals surface area contributed by atoms with E-state index in [9.17, 15) is 9.90 Å². The lowest BCUT2D eigenvalue weighted by Crippen LogP contribution is -2.43. The molecule has 1 fully saturated rings. The molecule has 0 aromatic heterocycles. The summed E-state index contributed by atoms with van der Waals surface area (Å²) in [7, 11) is 0. The number of carboxylic acids is 1. The van der Waals surface area contributed by atoms with E-state index in [1.165, 1.54) is 11.8 Å². The Kier molecular flexibility index (Phi) is 3.83. The Balaban J connectivity index is 2.35. The van der Waals surface area contributed by atoms with E-state index in [1.54, 1.807) is 18.2 Å². The normalized spacial score (nSPS) is 26.2. The van der Waals surface area contributed by atoms with Gasteiger partial charge in [-0.2, -0.15) is 0 Å². The molecule has 1 heterocycles. The molecule has 98 valence electrons. The zero-order valence-electron chi connectivity index (χ0n) is 9.91. The second-order valence-electron chi connectivity index (χ2n) is 4.67. The first-order valence-corrected chi connectivity index (χ1v) is 7.07. The van der Waals surface area contributed by atoms with Crippen molar-refractivity contribution in [2.24, 2.45) is 0 Å². The molecule has 18 heavy (non-hydrogen) atoms. The van der Waals surface area contributed by atoms with Crippen LogP contribution in [0.3, 0.4) is 0 Å². The van der Waals surface area contributed by atoms with Gasteiger partial charge in [0.15, 0.2) is 0 Å². The van der Waals surface area contributed by atoms with Gasteiger partial charge >= 0.3 is 5.97 Å². The summed E-state index contributed by atoms with van der Waals surface area (Å²) in [5.41, 5.74) is 0.752. The molecule has 6 heteroatoms. The van der Waals surface area contributed by atoms with Crippen LogP contribution in [-0.2, 0) is 4.79 Å². The third-order valence-electron chi connectivity index (χ3n) is 2.94. The molecule has 0 spiro atoms. The number of halogens is 2. The lowest BCUT2D eigenvalue weighted by molar-refractivity contribution is -0.139. The smallest absolute Gasteiger partial charge is 0.322 e. The van der Waals surface area contributed by atoms with Gasteiger partial charge in [0, 0.05) is 20.4 Å². The van der Waals surface area contributed by atoms with Crippen molar-refractivity contribution in [2.75, 3.05) is 0 Å². The highest BCUT2D eigenvalue weighted by Crippen LogP contribution is 2.48. The topological polar surface area (TPSA) is 49.3 Å². The minimum atomic E-state index is -0.863. The molecule has 1 aliphatic rings.